The molecule has 0 aliphatic carbocycles. The third-order valence-corrected chi connectivity index (χ3v) is 2.27. The molecule has 0 aliphatic rings. The summed E-state index contributed by atoms with van der Waals surface area (Å²) < 4.78 is 5.05. The lowest BCUT2D eigenvalue weighted by atomic mass is 10.3. The van der Waals surface area contributed by atoms with Crippen LogP contribution in [-0.4, -0.2) is 42.7 Å². The largest absolute Gasteiger partial charge is 0.475 e. The van der Waals surface area contributed by atoms with Gasteiger partial charge in [0.1, 0.15) is 0 Å². The maximum absolute atomic E-state index is 10.5. The molecule has 0 aliphatic heterocycles. The van der Waals surface area contributed by atoms with Gasteiger partial charge in [-0.1, -0.05) is 0 Å². The third kappa shape index (κ3) is 3.28. The Morgan fingerprint density at radius 1 is 1.60 bits per heavy atom. The number of rotatable bonds is 5. The van der Waals surface area contributed by atoms with Gasteiger partial charge in [-0.05, 0) is 27.1 Å². The van der Waals surface area contributed by atoms with Crippen LogP contribution in [0.3, 0.4) is 0 Å². The van der Waals surface area contributed by atoms with Gasteiger partial charge in [0.05, 0.1) is 0 Å². The van der Waals surface area contributed by atoms with E-state index >= 15 is 0 Å². The zero-order valence-corrected chi connectivity index (χ0v) is 9.15. The van der Waals surface area contributed by atoms with Crippen molar-refractivity contribution in [2.45, 2.75) is 13.0 Å². The van der Waals surface area contributed by atoms with Crippen molar-refractivity contribution in [3.63, 3.8) is 0 Å². The van der Waals surface area contributed by atoms with Crippen LogP contribution in [0.5, 0.6) is 0 Å². The number of hydrogen-bond acceptors (Lipinski definition) is 4. The van der Waals surface area contributed by atoms with E-state index < -0.39 is 5.97 Å². The molecule has 0 radical (unpaired) electrons. The highest BCUT2D eigenvalue weighted by Crippen LogP contribution is 2.13. The quantitative estimate of drug-likeness (QED) is 0.771. The minimum Gasteiger partial charge on any atom is -0.475 e. The zero-order valence-electron chi connectivity index (χ0n) is 9.15. The van der Waals surface area contributed by atoms with Crippen LogP contribution in [0.2, 0.25) is 0 Å². The van der Waals surface area contributed by atoms with Gasteiger partial charge in [-0.15, -0.1) is 0 Å². The third-order valence-electron chi connectivity index (χ3n) is 2.27. The van der Waals surface area contributed by atoms with Crippen LogP contribution in [0, 0.1) is 0 Å². The smallest absolute Gasteiger partial charge is 0.371 e. The van der Waals surface area contributed by atoms with Gasteiger partial charge in [0, 0.05) is 18.7 Å². The van der Waals surface area contributed by atoms with Gasteiger partial charge in [-0.2, -0.15) is 0 Å². The van der Waals surface area contributed by atoms with Gasteiger partial charge < -0.3 is 19.7 Å². The van der Waals surface area contributed by atoms with Crippen LogP contribution in [0.4, 0.5) is 5.88 Å². The number of aromatic carboxylic acids is 1. The lowest BCUT2D eigenvalue weighted by Crippen LogP contribution is -2.31. The van der Waals surface area contributed by atoms with Crippen molar-refractivity contribution in [1.29, 1.82) is 0 Å². The molecule has 1 aromatic rings. The van der Waals surface area contributed by atoms with Crippen LogP contribution in [0.25, 0.3) is 0 Å². The van der Waals surface area contributed by atoms with E-state index in [1.54, 1.807) is 6.07 Å². The van der Waals surface area contributed by atoms with Crippen molar-refractivity contribution >= 4 is 11.9 Å². The number of carbonyl (C=O) groups is 1. The molecule has 0 fully saturated rings. The summed E-state index contributed by atoms with van der Waals surface area (Å²) >= 11 is 0. The summed E-state index contributed by atoms with van der Waals surface area (Å²) in [7, 11) is 3.97. The zero-order chi connectivity index (χ0) is 11.4. The second-order valence-corrected chi connectivity index (χ2v) is 3.66. The highest BCUT2D eigenvalue weighted by atomic mass is 16.4. The molecule has 0 spiro atoms. The van der Waals surface area contributed by atoms with Crippen LogP contribution in [-0.2, 0) is 0 Å². The lowest BCUT2D eigenvalue weighted by Gasteiger charge is -2.19. The average Bonchev–Trinajstić information content (AvgIpc) is 2.62. The molecule has 0 saturated carbocycles. The first-order valence-corrected chi connectivity index (χ1v) is 4.74. The number of carboxylic acid groups (broad SMARTS) is 1. The molecule has 1 heterocycles. The maximum Gasteiger partial charge on any atom is 0.371 e. The second-order valence-electron chi connectivity index (χ2n) is 3.66. The van der Waals surface area contributed by atoms with E-state index in [0.29, 0.717) is 18.5 Å². The molecule has 1 unspecified atom stereocenters. The monoisotopic (exact) mass is 212 g/mol. The molecular formula is C10H16N2O3. The standard InChI is InChI=1S/C10H16N2O3/c1-7(12(2)3)6-11-9-5-4-8(15-9)10(13)14/h4-5,7,11H,6H2,1-3H3,(H,13,14). The van der Waals surface area contributed by atoms with E-state index in [1.165, 1.54) is 6.07 Å². The molecule has 0 bridgehead atoms. The predicted octanol–water partition coefficient (Wildman–Crippen LogP) is 1.34. The van der Waals surface area contributed by atoms with E-state index in [0.717, 1.165) is 0 Å². The number of furan rings is 1. The average molecular weight is 212 g/mol. The fourth-order valence-corrected chi connectivity index (χ4v) is 0.979. The normalized spacial score (nSPS) is 12.8. The Morgan fingerprint density at radius 3 is 2.73 bits per heavy atom. The fourth-order valence-electron chi connectivity index (χ4n) is 0.979. The summed E-state index contributed by atoms with van der Waals surface area (Å²) in [5, 5.41) is 11.7. The highest BCUT2D eigenvalue weighted by Gasteiger charge is 2.09. The summed E-state index contributed by atoms with van der Waals surface area (Å²) in [6.45, 7) is 2.77. The van der Waals surface area contributed by atoms with Crippen molar-refractivity contribution in [3.05, 3.63) is 17.9 Å². The highest BCUT2D eigenvalue weighted by molar-refractivity contribution is 5.84. The summed E-state index contributed by atoms with van der Waals surface area (Å²) in [6.07, 6.45) is 0. The minimum absolute atomic E-state index is 0.0463. The topological polar surface area (TPSA) is 65.7 Å². The number of anilines is 1. The number of nitrogens with zero attached hydrogens (tertiary/aromatic N) is 1. The minimum atomic E-state index is -1.05. The summed E-state index contributed by atoms with van der Waals surface area (Å²) in [4.78, 5) is 12.6. The van der Waals surface area contributed by atoms with E-state index in [-0.39, 0.29) is 5.76 Å². The van der Waals surface area contributed by atoms with Gasteiger partial charge in [0.2, 0.25) is 5.76 Å². The molecular weight excluding hydrogens is 196 g/mol. The Bertz CT molecular complexity index is 333. The number of hydrogen-bond donors (Lipinski definition) is 2. The Balaban J connectivity index is 2.48. The first kappa shape index (κ1) is 11.6. The van der Waals surface area contributed by atoms with Crippen LogP contribution in [0.1, 0.15) is 17.5 Å². The number of likely N-dealkylation sites (N-methyl/N-ethyl adjacent to an activating group) is 1. The van der Waals surface area contributed by atoms with E-state index in [4.69, 9.17) is 9.52 Å². The van der Waals surface area contributed by atoms with Crippen molar-refractivity contribution in [2.75, 3.05) is 26.0 Å². The maximum atomic E-state index is 10.5. The van der Waals surface area contributed by atoms with Gasteiger partial charge in [-0.25, -0.2) is 4.79 Å². The van der Waals surface area contributed by atoms with Crippen LogP contribution < -0.4 is 5.32 Å². The molecule has 1 rings (SSSR count). The molecule has 5 nitrogen and oxygen atoms in total. The van der Waals surface area contributed by atoms with Gasteiger partial charge >= 0.3 is 5.97 Å². The van der Waals surface area contributed by atoms with Crippen LogP contribution in [0.15, 0.2) is 16.5 Å². The lowest BCUT2D eigenvalue weighted by molar-refractivity contribution is 0.0663. The Hall–Kier alpha value is -1.49. The van der Waals surface area contributed by atoms with Gasteiger partial charge in [0.25, 0.3) is 0 Å². The van der Waals surface area contributed by atoms with Crippen molar-refractivity contribution < 1.29 is 14.3 Å². The Labute approximate surface area is 88.7 Å². The number of nitrogens with one attached hydrogen (secondary N) is 1. The summed E-state index contributed by atoms with van der Waals surface area (Å²) in [6, 6.07) is 3.40. The van der Waals surface area contributed by atoms with E-state index in [1.807, 2.05) is 14.1 Å². The van der Waals surface area contributed by atoms with Crippen LogP contribution >= 0.6 is 0 Å². The summed E-state index contributed by atoms with van der Waals surface area (Å²) in [5.41, 5.74) is 0. The summed E-state index contributed by atoms with van der Waals surface area (Å²) in [5.74, 6) is -0.611. The first-order valence-electron chi connectivity index (χ1n) is 4.74. The van der Waals surface area contributed by atoms with Gasteiger partial charge in [0.15, 0.2) is 5.88 Å². The molecule has 2 N–H and O–H groups in total. The molecule has 0 saturated heterocycles. The molecule has 5 heteroatoms. The number of carboxylic acids is 1. The molecule has 15 heavy (non-hydrogen) atoms. The predicted molar refractivity (Wildman–Crippen MR) is 57.3 cm³/mol. The second kappa shape index (κ2) is 4.84. The molecule has 1 aromatic heterocycles. The fraction of sp³-hybridized carbons (Fsp3) is 0.500. The van der Waals surface area contributed by atoms with Crippen molar-refractivity contribution in [2.24, 2.45) is 0 Å². The Kier molecular flexibility index (Phi) is 3.74. The van der Waals surface area contributed by atoms with Crippen molar-refractivity contribution in [1.82, 2.24) is 4.90 Å². The van der Waals surface area contributed by atoms with E-state index in [9.17, 15) is 4.79 Å². The molecule has 1 atom stereocenters. The van der Waals surface area contributed by atoms with Gasteiger partial charge in [-0.3, -0.25) is 0 Å². The molecule has 84 valence electrons. The molecule has 0 aromatic carbocycles. The Morgan fingerprint density at radius 2 is 2.27 bits per heavy atom. The molecule has 0 amide bonds. The van der Waals surface area contributed by atoms with E-state index in [2.05, 4.69) is 17.1 Å². The van der Waals surface area contributed by atoms with Crippen molar-refractivity contribution in [3.8, 4) is 0 Å². The first-order chi connectivity index (χ1) is 7.00. The SMILES string of the molecule is CC(CNc1ccc(C(=O)O)o1)N(C)C.